The fourth-order valence-corrected chi connectivity index (χ4v) is 2.32. The molecule has 0 radical (unpaired) electrons. The first-order valence-electron chi connectivity index (χ1n) is 6.70. The van der Waals surface area contributed by atoms with Gasteiger partial charge in [-0.2, -0.15) is 0 Å². The van der Waals surface area contributed by atoms with Crippen molar-refractivity contribution in [1.82, 2.24) is 20.3 Å². The van der Waals surface area contributed by atoms with Crippen molar-refractivity contribution in [2.45, 2.75) is 32.7 Å². The smallest absolute Gasteiger partial charge is 0.151 e. The van der Waals surface area contributed by atoms with Gasteiger partial charge in [0, 0.05) is 0 Å². The van der Waals surface area contributed by atoms with E-state index in [2.05, 4.69) is 15.6 Å². The zero-order chi connectivity index (χ0) is 14.7. The zero-order valence-corrected chi connectivity index (χ0v) is 11.8. The second-order valence-electron chi connectivity index (χ2n) is 4.51. The van der Waals surface area contributed by atoms with E-state index in [0.717, 1.165) is 17.8 Å². The summed E-state index contributed by atoms with van der Waals surface area (Å²) in [5.41, 5.74) is 1.28. The van der Waals surface area contributed by atoms with Crippen molar-refractivity contribution >= 4 is 0 Å². The lowest BCUT2D eigenvalue weighted by Crippen LogP contribution is -2.18. The average Bonchev–Trinajstić information content (AvgIpc) is 2.84. The van der Waals surface area contributed by atoms with Gasteiger partial charge in [-0.25, -0.2) is 13.5 Å². The third kappa shape index (κ3) is 2.43. The Morgan fingerprint density at radius 1 is 1.25 bits per heavy atom. The summed E-state index contributed by atoms with van der Waals surface area (Å²) in [7, 11) is 1.83. The largest absolute Gasteiger partial charge is 0.312 e. The van der Waals surface area contributed by atoms with Crippen molar-refractivity contribution in [2.24, 2.45) is 0 Å². The predicted octanol–water partition coefficient (Wildman–Crippen LogP) is 2.78. The molecule has 1 aromatic heterocycles. The highest BCUT2D eigenvalue weighted by Gasteiger charge is 2.22. The average molecular weight is 280 g/mol. The lowest BCUT2D eigenvalue weighted by atomic mass is 10.1. The van der Waals surface area contributed by atoms with Crippen molar-refractivity contribution in [3.63, 3.8) is 0 Å². The molecule has 108 valence electrons. The van der Waals surface area contributed by atoms with Crippen molar-refractivity contribution in [1.29, 1.82) is 0 Å². The first kappa shape index (κ1) is 14.6. The molecular formula is C14H18F2N4. The Labute approximate surface area is 116 Å². The molecule has 6 heteroatoms. The number of para-hydroxylation sites is 1. The van der Waals surface area contributed by atoms with Gasteiger partial charge >= 0.3 is 0 Å². The van der Waals surface area contributed by atoms with Gasteiger partial charge in [-0.1, -0.05) is 25.1 Å². The Balaban J connectivity index is 2.59. The first-order chi connectivity index (χ1) is 9.63. The fourth-order valence-electron chi connectivity index (χ4n) is 2.32. The normalized spacial score (nSPS) is 12.7. The quantitative estimate of drug-likeness (QED) is 0.915. The van der Waals surface area contributed by atoms with Gasteiger partial charge in [0.15, 0.2) is 11.6 Å². The van der Waals surface area contributed by atoms with Gasteiger partial charge in [0.05, 0.1) is 11.7 Å². The third-order valence-electron chi connectivity index (χ3n) is 3.36. The van der Waals surface area contributed by atoms with E-state index in [9.17, 15) is 8.78 Å². The van der Waals surface area contributed by atoms with Crippen LogP contribution in [0.5, 0.6) is 0 Å². The molecule has 1 heterocycles. The molecule has 0 aliphatic carbocycles. The number of nitrogens with zero attached hydrogens (tertiary/aromatic N) is 3. The Bertz CT molecular complexity index is 571. The van der Waals surface area contributed by atoms with Gasteiger partial charge < -0.3 is 5.32 Å². The summed E-state index contributed by atoms with van der Waals surface area (Å²) in [4.78, 5) is 0. The summed E-state index contributed by atoms with van der Waals surface area (Å²) in [5, 5.41) is 11.2. The van der Waals surface area contributed by atoms with Crippen LogP contribution in [0.2, 0.25) is 0 Å². The molecule has 1 unspecified atom stereocenters. The van der Waals surface area contributed by atoms with E-state index >= 15 is 0 Å². The second-order valence-corrected chi connectivity index (χ2v) is 4.51. The molecule has 0 bridgehead atoms. The standard InChI is InChI=1S/C14H18F2N4/c1-4-11(17-3)13-12(5-2)20(19-18-13)14-9(15)7-6-8-10(14)16/h6-8,11,17H,4-5H2,1-3H3. The Hall–Kier alpha value is -1.82. The van der Waals surface area contributed by atoms with E-state index in [1.807, 2.05) is 20.9 Å². The predicted molar refractivity (Wildman–Crippen MR) is 72.7 cm³/mol. The number of nitrogens with one attached hydrogen (secondary N) is 1. The van der Waals surface area contributed by atoms with Crippen LogP contribution < -0.4 is 5.32 Å². The van der Waals surface area contributed by atoms with Gasteiger partial charge in [0.2, 0.25) is 0 Å². The molecule has 0 fully saturated rings. The van der Waals surface area contributed by atoms with Crippen LogP contribution in [-0.2, 0) is 6.42 Å². The summed E-state index contributed by atoms with van der Waals surface area (Å²) in [6, 6.07) is 3.79. The minimum absolute atomic E-state index is 0.0218. The highest BCUT2D eigenvalue weighted by molar-refractivity contribution is 5.37. The Morgan fingerprint density at radius 3 is 2.40 bits per heavy atom. The molecule has 0 aliphatic rings. The van der Waals surface area contributed by atoms with Gasteiger partial charge in [-0.05, 0) is 32.0 Å². The SMILES string of the molecule is CCc1c(C(CC)NC)nnn1-c1c(F)cccc1F. The van der Waals surface area contributed by atoms with E-state index in [0.29, 0.717) is 6.42 Å². The van der Waals surface area contributed by atoms with Gasteiger partial charge in [0.25, 0.3) is 0 Å². The maximum Gasteiger partial charge on any atom is 0.151 e. The van der Waals surface area contributed by atoms with Crippen molar-refractivity contribution in [3.8, 4) is 5.69 Å². The molecule has 0 saturated carbocycles. The number of hydrogen-bond donors (Lipinski definition) is 1. The second kappa shape index (κ2) is 6.09. The molecule has 0 aliphatic heterocycles. The van der Waals surface area contributed by atoms with E-state index < -0.39 is 11.6 Å². The maximum absolute atomic E-state index is 13.9. The van der Waals surface area contributed by atoms with Crippen molar-refractivity contribution in [2.75, 3.05) is 7.05 Å². The van der Waals surface area contributed by atoms with Crippen LogP contribution in [-0.4, -0.2) is 22.0 Å². The van der Waals surface area contributed by atoms with Crippen LogP contribution in [0.1, 0.15) is 37.7 Å². The lowest BCUT2D eigenvalue weighted by Gasteiger charge is -2.13. The van der Waals surface area contributed by atoms with Crippen LogP contribution in [0, 0.1) is 11.6 Å². The molecule has 1 atom stereocenters. The van der Waals surface area contributed by atoms with Crippen molar-refractivity contribution in [3.05, 3.63) is 41.2 Å². The topological polar surface area (TPSA) is 42.7 Å². The summed E-state index contributed by atoms with van der Waals surface area (Å²) in [5.74, 6) is -1.29. The molecule has 1 aromatic carbocycles. The van der Waals surface area contributed by atoms with Crippen LogP contribution in [0.15, 0.2) is 18.2 Å². The lowest BCUT2D eigenvalue weighted by molar-refractivity contribution is 0.551. The molecule has 1 N–H and O–H groups in total. The van der Waals surface area contributed by atoms with Gasteiger partial charge in [-0.3, -0.25) is 0 Å². The Kier molecular flexibility index (Phi) is 4.44. The highest BCUT2D eigenvalue weighted by atomic mass is 19.1. The molecule has 0 spiro atoms. The number of hydrogen-bond acceptors (Lipinski definition) is 3. The number of aromatic nitrogens is 3. The summed E-state index contributed by atoms with van der Waals surface area (Å²) in [6.07, 6.45) is 1.41. The van der Waals surface area contributed by atoms with E-state index in [1.165, 1.54) is 22.9 Å². The zero-order valence-electron chi connectivity index (χ0n) is 11.8. The summed E-state index contributed by atoms with van der Waals surface area (Å²) < 4.78 is 29.0. The van der Waals surface area contributed by atoms with Gasteiger partial charge in [0.1, 0.15) is 11.4 Å². The number of benzene rings is 1. The molecular weight excluding hydrogens is 262 g/mol. The van der Waals surface area contributed by atoms with Crippen LogP contribution in [0.4, 0.5) is 8.78 Å². The third-order valence-corrected chi connectivity index (χ3v) is 3.36. The molecule has 2 rings (SSSR count). The molecule has 4 nitrogen and oxygen atoms in total. The van der Waals surface area contributed by atoms with Crippen LogP contribution in [0.3, 0.4) is 0 Å². The molecule has 0 amide bonds. The molecule has 20 heavy (non-hydrogen) atoms. The fraction of sp³-hybridized carbons (Fsp3) is 0.429. The van der Waals surface area contributed by atoms with Crippen LogP contribution in [0.25, 0.3) is 5.69 Å². The Morgan fingerprint density at radius 2 is 1.90 bits per heavy atom. The van der Waals surface area contributed by atoms with Crippen LogP contribution >= 0.6 is 0 Å². The van der Waals surface area contributed by atoms with E-state index in [4.69, 9.17) is 0 Å². The first-order valence-corrected chi connectivity index (χ1v) is 6.70. The van der Waals surface area contributed by atoms with E-state index in [1.54, 1.807) is 0 Å². The monoisotopic (exact) mass is 280 g/mol. The number of rotatable bonds is 5. The minimum Gasteiger partial charge on any atom is -0.312 e. The minimum atomic E-state index is -0.645. The highest BCUT2D eigenvalue weighted by Crippen LogP contribution is 2.24. The van der Waals surface area contributed by atoms with Crippen molar-refractivity contribution < 1.29 is 8.78 Å². The molecule has 2 aromatic rings. The molecule has 0 saturated heterocycles. The number of halogens is 2. The summed E-state index contributed by atoms with van der Waals surface area (Å²) in [6.45, 7) is 3.93. The van der Waals surface area contributed by atoms with Gasteiger partial charge in [-0.15, -0.1) is 5.10 Å². The summed E-state index contributed by atoms with van der Waals surface area (Å²) >= 11 is 0. The maximum atomic E-state index is 13.9. The van der Waals surface area contributed by atoms with E-state index in [-0.39, 0.29) is 11.7 Å².